The molecule has 0 spiro atoms. The molecule has 0 N–H and O–H groups in total. The van der Waals surface area contributed by atoms with Gasteiger partial charge in [0.15, 0.2) is 11.8 Å². The van der Waals surface area contributed by atoms with Gasteiger partial charge in [-0.1, -0.05) is 6.07 Å². The molecule has 0 bridgehead atoms. The monoisotopic (exact) mass is 393 g/mol. The van der Waals surface area contributed by atoms with Crippen molar-refractivity contribution in [2.24, 2.45) is 7.05 Å². The molecule has 1 aliphatic heterocycles. The van der Waals surface area contributed by atoms with Gasteiger partial charge >= 0.3 is 0 Å². The fraction of sp³-hybridized carbons (Fsp3) is 0.455. The molecule has 2 atom stereocenters. The first-order valence-electron chi connectivity index (χ1n) is 10.1. The molecule has 2 aromatic heterocycles. The lowest BCUT2D eigenvalue weighted by atomic mass is 9.94. The van der Waals surface area contributed by atoms with Crippen LogP contribution in [-0.2, 0) is 11.8 Å². The van der Waals surface area contributed by atoms with Crippen LogP contribution in [0.2, 0.25) is 0 Å². The number of benzene rings is 1. The number of rotatable bonds is 4. The van der Waals surface area contributed by atoms with Crippen LogP contribution in [0.25, 0.3) is 11.2 Å². The standard InChI is InChI=1S/C22H27N5O2/c1-14-10-15(2)12-18(11-14)29-16(3)22(28)27-9-5-6-17(13-27)19-20-21(26(4)25-19)24-8-7-23-20/h7-8,10-12,16-17H,5-6,9,13H2,1-4H3/t16-,17+/m1/s1. The van der Waals surface area contributed by atoms with Gasteiger partial charge in [-0.3, -0.25) is 4.79 Å². The minimum Gasteiger partial charge on any atom is -0.481 e. The number of nitrogens with zero attached hydrogens (tertiary/aromatic N) is 5. The first-order chi connectivity index (χ1) is 13.9. The van der Waals surface area contributed by atoms with Gasteiger partial charge in [0.25, 0.3) is 5.91 Å². The van der Waals surface area contributed by atoms with Gasteiger partial charge in [-0.15, -0.1) is 0 Å². The fourth-order valence-corrected chi connectivity index (χ4v) is 4.19. The van der Waals surface area contributed by atoms with E-state index in [1.165, 1.54) is 0 Å². The van der Waals surface area contributed by atoms with Crippen molar-refractivity contribution in [3.8, 4) is 5.75 Å². The molecule has 1 fully saturated rings. The first-order valence-corrected chi connectivity index (χ1v) is 10.1. The second kappa shape index (κ2) is 7.81. The van der Waals surface area contributed by atoms with Gasteiger partial charge in [0, 0.05) is 38.4 Å². The number of aryl methyl sites for hydroxylation is 3. The molecule has 1 aliphatic rings. The van der Waals surface area contributed by atoms with Crippen LogP contribution in [0.5, 0.6) is 5.75 Å². The van der Waals surface area contributed by atoms with Gasteiger partial charge < -0.3 is 9.64 Å². The van der Waals surface area contributed by atoms with E-state index in [0.717, 1.165) is 53.1 Å². The van der Waals surface area contributed by atoms with Crippen LogP contribution < -0.4 is 4.74 Å². The van der Waals surface area contributed by atoms with E-state index in [1.54, 1.807) is 17.1 Å². The lowest BCUT2D eigenvalue weighted by Crippen LogP contribution is -2.45. The van der Waals surface area contributed by atoms with Gasteiger partial charge in [0.1, 0.15) is 11.3 Å². The van der Waals surface area contributed by atoms with Crippen LogP contribution in [0.3, 0.4) is 0 Å². The molecule has 4 rings (SSSR count). The molecule has 0 radical (unpaired) electrons. The minimum absolute atomic E-state index is 0.0141. The van der Waals surface area contributed by atoms with E-state index in [1.807, 2.05) is 44.9 Å². The van der Waals surface area contributed by atoms with E-state index >= 15 is 0 Å². The molecule has 7 nitrogen and oxygen atoms in total. The summed E-state index contributed by atoms with van der Waals surface area (Å²) in [4.78, 5) is 23.8. The van der Waals surface area contributed by atoms with E-state index in [0.29, 0.717) is 6.54 Å². The highest BCUT2D eigenvalue weighted by molar-refractivity contribution is 5.81. The van der Waals surface area contributed by atoms with Crippen molar-refractivity contribution in [3.63, 3.8) is 0 Å². The Morgan fingerprint density at radius 2 is 1.90 bits per heavy atom. The van der Waals surface area contributed by atoms with Gasteiger partial charge in [-0.2, -0.15) is 5.10 Å². The van der Waals surface area contributed by atoms with Gasteiger partial charge in [-0.25, -0.2) is 14.6 Å². The normalized spacial score (nSPS) is 18.1. The lowest BCUT2D eigenvalue weighted by Gasteiger charge is -2.33. The number of ether oxygens (including phenoxy) is 1. The third kappa shape index (κ3) is 3.95. The number of likely N-dealkylation sites (tertiary alicyclic amines) is 1. The molecule has 7 heteroatoms. The predicted octanol–water partition coefficient (Wildman–Crippen LogP) is 3.15. The zero-order valence-electron chi connectivity index (χ0n) is 17.4. The maximum absolute atomic E-state index is 13.1. The van der Waals surface area contributed by atoms with E-state index in [9.17, 15) is 4.79 Å². The highest BCUT2D eigenvalue weighted by atomic mass is 16.5. The van der Waals surface area contributed by atoms with Crippen molar-refractivity contribution in [1.29, 1.82) is 0 Å². The molecule has 0 aliphatic carbocycles. The third-order valence-electron chi connectivity index (χ3n) is 5.46. The Kier molecular flexibility index (Phi) is 5.22. The van der Waals surface area contributed by atoms with Gasteiger partial charge in [-0.05, 0) is 56.9 Å². The predicted molar refractivity (Wildman–Crippen MR) is 111 cm³/mol. The van der Waals surface area contributed by atoms with Crippen LogP contribution in [0, 0.1) is 13.8 Å². The summed E-state index contributed by atoms with van der Waals surface area (Å²) >= 11 is 0. The topological polar surface area (TPSA) is 73.1 Å². The molecule has 3 heterocycles. The van der Waals surface area contributed by atoms with Crippen molar-refractivity contribution in [1.82, 2.24) is 24.6 Å². The van der Waals surface area contributed by atoms with E-state index < -0.39 is 6.10 Å². The Morgan fingerprint density at radius 3 is 2.66 bits per heavy atom. The highest BCUT2D eigenvalue weighted by Crippen LogP contribution is 2.30. The number of carbonyl (C=O) groups is 1. The molecule has 152 valence electrons. The Bertz CT molecular complexity index is 1020. The molecule has 1 saturated heterocycles. The summed E-state index contributed by atoms with van der Waals surface area (Å²) in [5, 5.41) is 4.66. The molecular weight excluding hydrogens is 366 g/mol. The lowest BCUT2D eigenvalue weighted by molar-refractivity contribution is -0.139. The first kappa shape index (κ1) is 19.4. The summed E-state index contributed by atoms with van der Waals surface area (Å²) < 4.78 is 7.74. The molecule has 1 aromatic carbocycles. The number of hydrogen-bond acceptors (Lipinski definition) is 5. The molecule has 0 unspecified atom stereocenters. The van der Waals surface area contributed by atoms with Crippen molar-refractivity contribution in [2.75, 3.05) is 13.1 Å². The molecule has 3 aromatic rings. The van der Waals surface area contributed by atoms with Crippen molar-refractivity contribution in [3.05, 3.63) is 47.4 Å². The van der Waals surface area contributed by atoms with Crippen molar-refractivity contribution < 1.29 is 9.53 Å². The number of fused-ring (bicyclic) bond motifs is 1. The van der Waals surface area contributed by atoms with Crippen molar-refractivity contribution >= 4 is 17.1 Å². The average Bonchev–Trinajstić information content (AvgIpc) is 3.04. The Labute approximate surface area is 170 Å². The van der Waals surface area contributed by atoms with Crippen LogP contribution >= 0.6 is 0 Å². The SMILES string of the molecule is Cc1cc(C)cc(O[C@H](C)C(=O)N2CCC[C@H](c3nn(C)c4nccnc34)C2)c1. The third-order valence-corrected chi connectivity index (χ3v) is 5.46. The van der Waals surface area contributed by atoms with Crippen LogP contribution in [0.15, 0.2) is 30.6 Å². The Hall–Kier alpha value is -2.96. The Morgan fingerprint density at radius 1 is 1.17 bits per heavy atom. The second-order valence-electron chi connectivity index (χ2n) is 7.94. The summed E-state index contributed by atoms with van der Waals surface area (Å²) in [6, 6.07) is 6.03. The molecule has 0 saturated carbocycles. The number of amides is 1. The maximum Gasteiger partial charge on any atom is 0.263 e. The number of hydrogen-bond donors (Lipinski definition) is 0. The summed E-state index contributed by atoms with van der Waals surface area (Å²) in [7, 11) is 1.88. The molecule has 29 heavy (non-hydrogen) atoms. The van der Waals surface area contributed by atoms with Gasteiger partial charge in [0.2, 0.25) is 0 Å². The zero-order valence-corrected chi connectivity index (χ0v) is 17.4. The number of carbonyl (C=O) groups excluding carboxylic acids is 1. The summed E-state index contributed by atoms with van der Waals surface area (Å²) in [6.07, 6.45) is 4.76. The average molecular weight is 393 g/mol. The summed E-state index contributed by atoms with van der Waals surface area (Å²) in [6.45, 7) is 7.25. The van der Waals surface area contributed by atoms with Crippen LogP contribution in [0.4, 0.5) is 0 Å². The van der Waals surface area contributed by atoms with Gasteiger partial charge in [0.05, 0.1) is 5.69 Å². The Balaban J connectivity index is 1.49. The maximum atomic E-state index is 13.1. The van der Waals surface area contributed by atoms with E-state index in [2.05, 4.69) is 21.1 Å². The van der Waals surface area contributed by atoms with Crippen molar-refractivity contribution in [2.45, 2.75) is 45.6 Å². The molecule has 1 amide bonds. The highest BCUT2D eigenvalue weighted by Gasteiger charge is 2.31. The fourth-order valence-electron chi connectivity index (χ4n) is 4.19. The number of aromatic nitrogens is 4. The zero-order chi connectivity index (χ0) is 20.5. The second-order valence-corrected chi connectivity index (χ2v) is 7.94. The minimum atomic E-state index is -0.532. The summed E-state index contributed by atoms with van der Waals surface area (Å²) in [5.41, 5.74) is 4.78. The van der Waals surface area contributed by atoms with E-state index in [4.69, 9.17) is 4.74 Å². The molecular formula is C22H27N5O2. The largest absolute Gasteiger partial charge is 0.481 e. The summed E-state index contributed by atoms with van der Waals surface area (Å²) in [5.74, 6) is 0.907. The smallest absolute Gasteiger partial charge is 0.263 e. The van der Waals surface area contributed by atoms with Crippen LogP contribution in [-0.4, -0.2) is 49.7 Å². The van der Waals surface area contributed by atoms with Crippen LogP contribution in [0.1, 0.15) is 42.5 Å². The quantitative estimate of drug-likeness (QED) is 0.681. The van der Waals surface area contributed by atoms with E-state index in [-0.39, 0.29) is 11.8 Å². The number of piperidine rings is 1.